The number of carbonyl (C=O) groups is 2. The predicted molar refractivity (Wildman–Crippen MR) is 127 cm³/mol. The van der Waals surface area contributed by atoms with Gasteiger partial charge in [-0.3, -0.25) is 9.69 Å². The summed E-state index contributed by atoms with van der Waals surface area (Å²) in [5.74, 6) is -0.872. The fourth-order valence-corrected chi connectivity index (χ4v) is 5.05. The van der Waals surface area contributed by atoms with Gasteiger partial charge in [0, 0.05) is 9.79 Å². The molecular formula is C26H21N3O3S. The minimum atomic E-state index is -0.562. The molecule has 0 fully saturated rings. The summed E-state index contributed by atoms with van der Waals surface area (Å²) in [5, 5.41) is 4.50. The van der Waals surface area contributed by atoms with Gasteiger partial charge in [-0.1, -0.05) is 54.2 Å². The molecule has 0 radical (unpaired) electrons. The molecule has 3 aromatic carbocycles. The topological polar surface area (TPSA) is 64.4 Å². The van der Waals surface area contributed by atoms with Gasteiger partial charge in [0.2, 0.25) is 0 Å². The number of para-hydroxylation sites is 3. The lowest BCUT2D eigenvalue weighted by Crippen LogP contribution is -2.32. The van der Waals surface area contributed by atoms with Crippen molar-refractivity contribution < 1.29 is 14.3 Å². The maximum atomic E-state index is 13.3. The first-order valence-electron chi connectivity index (χ1n) is 10.5. The summed E-state index contributed by atoms with van der Waals surface area (Å²) < 4.78 is 7.20. The molecule has 0 N–H and O–H groups in total. The summed E-state index contributed by atoms with van der Waals surface area (Å²) in [6, 6.07) is 25.0. The summed E-state index contributed by atoms with van der Waals surface area (Å²) in [6.07, 6.45) is 0. The van der Waals surface area contributed by atoms with E-state index in [1.54, 1.807) is 28.3 Å². The van der Waals surface area contributed by atoms with Crippen LogP contribution in [0.15, 0.2) is 88.7 Å². The highest BCUT2D eigenvalue weighted by Crippen LogP contribution is 2.47. The third-order valence-corrected chi connectivity index (χ3v) is 6.63. The Kier molecular flexibility index (Phi) is 5.48. The lowest BCUT2D eigenvalue weighted by molar-refractivity contribution is -0.121. The van der Waals surface area contributed by atoms with Gasteiger partial charge in [-0.25, -0.2) is 9.48 Å². The van der Waals surface area contributed by atoms with Crippen LogP contribution in [0.4, 0.5) is 11.4 Å². The highest BCUT2D eigenvalue weighted by molar-refractivity contribution is 7.99. The van der Waals surface area contributed by atoms with Crippen molar-refractivity contribution in [1.82, 2.24) is 9.78 Å². The van der Waals surface area contributed by atoms with Crippen LogP contribution in [-0.4, -0.2) is 28.3 Å². The number of fused-ring (bicyclic) bond motifs is 2. The Morgan fingerprint density at radius 2 is 1.42 bits per heavy atom. The smallest absolute Gasteiger partial charge is 0.342 e. The van der Waals surface area contributed by atoms with Crippen LogP contribution in [0.5, 0.6) is 0 Å². The third kappa shape index (κ3) is 3.81. The van der Waals surface area contributed by atoms with Crippen LogP contribution in [0.1, 0.15) is 21.7 Å². The zero-order valence-electron chi connectivity index (χ0n) is 18.2. The van der Waals surface area contributed by atoms with E-state index in [1.165, 1.54) is 0 Å². The molecular weight excluding hydrogens is 434 g/mol. The Morgan fingerprint density at radius 1 is 0.848 bits per heavy atom. The number of esters is 1. The van der Waals surface area contributed by atoms with Gasteiger partial charge >= 0.3 is 5.97 Å². The SMILES string of the molecule is Cc1nn(-c2ccccc2)c(C)c1C(=O)OCC(=O)N1c2ccccc2Sc2ccccc21. The van der Waals surface area contributed by atoms with Gasteiger partial charge in [-0.15, -0.1) is 0 Å². The first-order chi connectivity index (χ1) is 16.0. The molecule has 1 amide bonds. The maximum Gasteiger partial charge on any atom is 0.342 e. The molecule has 7 heteroatoms. The average Bonchev–Trinajstić information content (AvgIpc) is 3.15. The second-order valence-electron chi connectivity index (χ2n) is 7.64. The van der Waals surface area contributed by atoms with E-state index in [4.69, 9.17) is 4.74 Å². The quantitative estimate of drug-likeness (QED) is 0.382. The number of rotatable bonds is 4. The lowest BCUT2D eigenvalue weighted by Gasteiger charge is -2.30. The summed E-state index contributed by atoms with van der Waals surface area (Å²) in [4.78, 5) is 29.8. The Hall–Kier alpha value is -3.84. The van der Waals surface area contributed by atoms with Crippen LogP contribution < -0.4 is 4.90 Å². The molecule has 0 aliphatic carbocycles. The van der Waals surface area contributed by atoms with E-state index >= 15 is 0 Å². The van der Waals surface area contributed by atoms with Gasteiger partial charge in [0.15, 0.2) is 6.61 Å². The van der Waals surface area contributed by atoms with E-state index < -0.39 is 5.97 Å². The number of ether oxygens (including phenoxy) is 1. The van der Waals surface area contributed by atoms with E-state index in [1.807, 2.05) is 85.8 Å². The average molecular weight is 456 g/mol. The van der Waals surface area contributed by atoms with Crippen molar-refractivity contribution in [3.05, 3.63) is 95.8 Å². The number of hydrogen-bond acceptors (Lipinski definition) is 5. The van der Waals surface area contributed by atoms with E-state index in [0.29, 0.717) is 17.0 Å². The molecule has 0 saturated heterocycles. The second-order valence-corrected chi connectivity index (χ2v) is 8.72. The van der Waals surface area contributed by atoms with E-state index in [2.05, 4.69) is 5.10 Å². The molecule has 0 bridgehead atoms. The van der Waals surface area contributed by atoms with Crippen LogP contribution in [0.3, 0.4) is 0 Å². The third-order valence-electron chi connectivity index (χ3n) is 5.50. The zero-order valence-corrected chi connectivity index (χ0v) is 19.0. The molecule has 0 spiro atoms. The normalized spacial score (nSPS) is 12.1. The van der Waals surface area contributed by atoms with Crippen molar-refractivity contribution in [1.29, 1.82) is 0 Å². The van der Waals surface area contributed by atoms with Crippen LogP contribution in [0, 0.1) is 13.8 Å². The number of aromatic nitrogens is 2. The van der Waals surface area contributed by atoms with Gasteiger partial charge in [-0.05, 0) is 50.2 Å². The molecule has 0 unspecified atom stereocenters. The van der Waals surface area contributed by atoms with E-state index in [-0.39, 0.29) is 12.5 Å². The molecule has 5 rings (SSSR count). The summed E-state index contributed by atoms with van der Waals surface area (Å²) >= 11 is 1.62. The molecule has 1 aliphatic heterocycles. The monoisotopic (exact) mass is 455 g/mol. The molecule has 6 nitrogen and oxygen atoms in total. The van der Waals surface area contributed by atoms with Gasteiger partial charge < -0.3 is 4.74 Å². The van der Waals surface area contributed by atoms with Crippen molar-refractivity contribution in [2.75, 3.05) is 11.5 Å². The minimum Gasteiger partial charge on any atom is -0.452 e. The standard InChI is InChI=1S/C26H21N3O3S/c1-17-25(18(2)29(27-17)19-10-4-3-5-11-19)26(31)32-16-24(30)28-20-12-6-8-14-22(20)33-23-15-9-7-13-21(23)28/h3-15H,16H2,1-2H3. The molecule has 1 aromatic heterocycles. The number of nitrogens with zero attached hydrogens (tertiary/aromatic N) is 3. The summed E-state index contributed by atoms with van der Waals surface area (Å²) in [6.45, 7) is 3.21. The first kappa shape index (κ1) is 21.0. The number of aryl methyl sites for hydroxylation is 1. The van der Waals surface area contributed by atoms with Crippen LogP contribution in [-0.2, 0) is 9.53 Å². The Labute approximate surface area is 195 Å². The largest absolute Gasteiger partial charge is 0.452 e. The van der Waals surface area contributed by atoms with Crippen LogP contribution >= 0.6 is 11.8 Å². The Bertz CT molecular complexity index is 1320. The molecule has 164 valence electrons. The molecule has 2 heterocycles. The lowest BCUT2D eigenvalue weighted by atomic mass is 10.2. The predicted octanol–water partition coefficient (Wildman–Crippen LogP) is 5.48. The Balaban J connectivity index is 1.39. The van der Waals surface area contributed by atoms with Crippen LogP contribution in [0.25, 0.3) is 5.69 Å². The fourth-order valence-electron chi connectivity index (χ4n) is 4.00. The van der Waals surface area contributed by atoms with Crippen molar-refractivity contribution in [2.24, 2.45) is 0 Å². The van der Waals surface area contributed by atoms with E-state index in [9.17, 15) is 9.59 Å². The van der Waals surface area contributed by atoms with Gasteiger partial charge in [0.05, 0.1) is 28.5 Å². The maximum absolute atomic E-state index is 13.3. The number of anilines is 2. The first-order valence-corrected chi connectivity index (χ1v) is 11.3. The van der Waals surface area contributed by atoms with Crippen molar-refractivity contribution in [3.8, 4) is 5.69 Å². The van der Waals surface area contributed by atoms with Gasteiger partial charge in [0.1, 0.15) is 5.56 Å². The number of carbonyl (C=O) groups excluding carboxylic acids is 2. The number of benzene rings is 3. The van der Waals surface area contributed by atoms with Gasteiger partial charge in [-0.2, -0.15) is 5.10 Å². The second kappa shape index (κ2) is 8.60. The van der Waals surface area contributed by atoms with E-state index in [0.717, 1.165) is 26.9 Å². The summed E-state index contributed by atoms with van der Waals surface area (Å²) in [7, 11) is 0. The Morgan fingerprint density at radius 3 is 2.06 bits per heavy atom. The van der Waals surface area contributed by atoms with Gasteiger partial charge in [0.25, 0.3) is 5.91 Å². The molecule has 0 atom stereocenters. The fraction of sp³-hybridized carbons (Fsp3) is 0.115. The highest BCUT2D eigenvalue weighted by atomic mass is 32.2. The molecule has 0 saturated carbocycles. The zero-order chi connectivity index (χ0) is 22.9. The van der Waals surface area contributed by atoms with Crippen molar-refractivity contribution in [3.63, 3.8) is 0 Å². The molecule has 1 aliphatic rings. The highest BCUT2D eigenvalue weighted by Gasteiger charge is 2.29. The van der Waals surface area contributed by atoms with Crippen molar-refractivity contribution >= 4 is 35.0 Å². The van der Waals surface area contributed by atoms with Crippen LogP contribution in [0.2, 0.25) is 0 Å². The molecule has 4 aromatic rings. The van der Waals surface area contributed by atoms with Crippen molar-refractivity contribution in [2.45, 2.75) is 23.6 Å². The number of amides is 1. The minimum absolute atomic E-state index is 0.311. The number of hydrogen-bond donors (Lipinski definition) is 0. The molecule has 33 heavy (non-hydrogen) atoms. The summed E-state index contributed by atoms with van der Waals surface area (Å²) in [5.41, 5.74) is 4.02.